The van der Waals surface area contributed by atoms with Gasteiger partial charge in [-0.2, -0.15) is 5.10 Å². The lowest BCUT2D eigenvalue weighted by atomic mass is 10.1. The SMILES string of the molecule is CCOC(=O)c1cccc(-n2cncn2)c1N. The van der Waals surface area contributed by atoms with E-state index in [2.05, 4.69) is 10.1 Å². The second kappa shape index (κ2) is 4.65. The van der Waals surface area contributed by atoms with Crippen LogP contribution >= 0.6 is 0 Å². The Morgan fingerprint density at radius 1 is 1.53 bits per heavy atom. The normalized spacial score (nSPS) is 10.2. The Balaban J connectivity index is 2.44. The van der Waals surface area contributed by atoms with Crippen molar-refractivity contribution in [1.29, 1.82) is 0 Å². The van der Waals surface area contributed by atoms with Crippen molar-refractivity contribution in [1.82, 2.24) is 14.8 Å². The molecule has 0 fully saturated rings. The van der Waals surface area contributed by atoms with Crippen molar-refractivity contribution in [3.8, 4) is 5.69 Å². The molecule has 0 atom stereocenters. The second-order valence-electron chi connectivity index (χ2n) is 3.30. The third-order valence-electron chi connectivity index (χ3n) is 2.24. The van der Waals surface area contributed by atoms with Gasteiger partial charge in [0.2, 0.25) is 0 Å². The van der Waals surface area contributed by atoms with Gasteiger partial charge in [0.15, 0.2) is 0 Å². The van der Waals surface area contributed by atoms with Gasteiger partial charge in [-0.1, -0.05) is 6.07 Å². The molecule has 0 aliphatic carbocycles. The number of esters is 1. The van der Waals surface area contributed by atoms with Crippen molar-refractivity contribution < 1.29 is 9.53 Å². The van der Waals surface area contributed by atoms with Gasteiger partial charge in [0.05, 0.1) is 23.5 Å². The Bertz CT molecular complexity index is 522. The first-order valence-corrected chi connectivity index (χ1v) is 5.14. The van der Waals surface area contributed by atoms with Crippen LogP contribution in [0.4, 0.5) is 5.69 Å². The first-order valence-electron chi connectivity index (χ1n) is 5.14. The Morgan fingerprint density at radius 2 is 2.35 bits per heavy atom. The molecule has 0 unspecified atom stereocenters. The molecule has 0 aliphatic heterocycles. The molecule has 1 aromatic heterocycles. The zero-order valence-electron chi connectivity index (χ0n) is 9.33. The van der Waals surface area contributed by atoms with Gasteiger partial charge in [-0.15, -0.1) is 0 Å². The van der Waals surface area contributed by atoms with Crippen LogP contribution in [-0.4, -0.2) is 27.3 Å². The lowest BCUT2D eigenvalue weighted by molar-refractivity contribution is 0.0527. The number of nitrogens with two attached hydrogens (primary N) is 1. The first kappa shape index (κ1) is 11.1. The monoisotopic (exact) mass is 232 g/mol. The Hall–Kier alpha value is -2.37. The molecule has 0 amide bonds. The van der Waals surface area contributed by atoms with Gasteiger partial charge in [-0.05, 0) is 19.1 Å². The molecule has 17 heavy (non-hydrogen) atoms. The molecule has 2 rings (SSSR count). The van der Waals surface area contributed by atoms with Gasteiger partial charge < -0.3 is 10.5 Å². The number of hydrogen-bond donors (Lipinski definition) is 1. The average molecular weight is 232 g/mol. The van der Waals surface area contributed by atoms with E-state index in [1.165, 1.54) is 17.3 Å². The maximum Gasteiger partial charge on any atom is 0.340 e. The van der Waals surface area contributed by atoms with E-state index in [4.69, 9.17) is 10.5 Å². The van der Waals surface area contributed by atoms with E-state index >= 15 is 0 Å². The van der Waals surface area contributed by atoms with Crippen LogP contribution in [0.2, 0.25) is 0 Å². The zero-order valence-corrected chi connectivity index (χ0v) is 9.33. The molecule has 0 saturated heterocycles. The summed E-state index contributed by atoms with van der Waals surface area (Å²) in [6, 6.07) is 5.10. The summed E-state index contributed by atoms with van der Waals surface area (Å²) >= 11 is 0. The fraction of sp³-hybridized carbons (Fsp3) is 0.182. The summed E-state index contributed by atoms with van der Waals surface area (Å²) in [7, 11) is 0. The Kier molecular flexibility index (Phi) is 3.04. The predicted octanol–water partition coefficient (Wildman–Crippen LogP) is 1.03. The summed E-state index contributed by atoms with van der Waals surface area (Å²) in [6.45, 7) is 2.06. The third kappa shape index (κ3) is 2.10. The number of benzene rings is 1. The van der Waals surface area contributed by atoms with Crippen LogP contribution < -0.4 is 5.73 Å². The van der Waals surface area contributed by atoms with Crippen LogP contribution in [0.3, 0.4) is 0 Å². The number of para-hydroxylation sites is 1. The van der Waals surface area contributed by atoms with Crippen molar-refractivity contribution in [2.45, 2.75) is 6.92 Å². The molecule has 88 valence electrons. The van der Waals surface area contributed by atoms with E-state index in [0.717, 1.165) is 0 Å². The van der Waals surface area contributed by atoms with Gasteiger partial charge in [-0.25, -0.2) is 14.5 Å². The summed E-state index contributed by atoms with van der Waals surface area (Å²) in [6.07, 6.45) is 2.91. The maximum atomic E-state index is 11.6. The molecule has 0 spiro atoms. The van der Waals surface area contributed by atoms with Crippen LogP contribution in [0.5, 0.6) is 0 Å². The smallest absolute Gasteiger partial charge is 0.340 e. The molecular weight excluding hydrogens is 220 g/mol. The highest BCUT2D eigenvalue weighted by Gasteiger charge is 2.14. The number of aromatic nitrogens is 3. The minimum atomic E-state index is -0.438. The third-order valence-corrected chi connectivity index (χ3v) is 2.24. The highest BCUT2D eigenvalue weighted by Crippen LogP contribution is 2.21. The van der Waals surface area contributed by atoms with E-state index in [1.54, 1.807) is 25.1 Å². The minimum Gasteiger partial charge on any atom is -0.462 e. The number of anilines is 1. The average Bonchev–Trinajstić information content (AvgIpc) is 2.83. The second-order valence-corrected chi connectivity index (χ2v) is 3.30. The largest absolute Gasteiger partial charge is 0.462 e. The van der Waals surface area contributed by atoms with E-state index < -0.39 is 5.97 Å². The highest BCUT2D eigenvalue weighted by molar-refractivity contribution is 5.97. The molecule has 1 aromatic carbocycles. The fourth-order valence-corrected chi connectivity index (χ4v) is 1.47. The van der Waals surface area contributed by atoms with Gasteiger partial charge in [0, 0.05) is 0 Å². The quantitative estimate of drug-likeness (QED) is 0.631. The number of rotatable bonds is 3. The number of carbonyl (C=O) groups excluding carboxylic acids is 1. The Morgan fingerprint density at radius 3 is 3.00 bits per heavy atom. The van der Waals surface area contributed by atoms with Gasteiger partial charge in [0.25, 0.3) is 0 Å². The summed E-state index contributed by atoms with van der Waals surface area (Å²) in [5.41, 5.74) is 7.18. The molecule has 1 heterocycles. The zero-order chi connectivity index (χ0) is 12.3. The van der Waals surface area contributed by atoms with Crippen molar-refractivity contribution in [2.75, 3.05) is 12.3 Å². The molecule has 2 aromatic rings. The standard InChI is InChI=1S/C11H12N4O2/c1-2-17-11(16)8-4-3-5-9(10(8)12)15-7-13-6-14-15/h3-7H,2,12H2,1H3. The van der Waals surface area contributed by atoms with Crippen molar-refractivity contribution >= 4 is 11.7 Å². The van der Waals surface area contributed by atoms with Crippen LogP contribution in [0.15, 0.2) is 30.9 Å². The predicted molar refractivity (Wildman–Crippen MR) is 61.7 cm³/mol. The van der Waals surface area contributed by atoms with Crippen LogP contribution in [0.1, 0.15) is 17.3 Å². The lowest BCUT2D eigenvalue weighted by Gasteiger charge is -2.09. The summed E-state index contributed by atoms with van der Waals surface area (Å²) < 4.78 is 6.41. The highest BCUT2D eigenvalue weighted by atomic mass is 16.5. The molecule has 0 bridgehead atoms. The molecule has 6 nitrogen and oxygen atoms in total. The van der Waals surface area contributed by atoms with E-state index in [1.807, 2.05) is 0 Å². The molecule has 6 heteroatoms. The summed E-state index contributed by atoms with van der Waals surface area (Å²) in [5, 5.41) is 3.97. The van der Waals surface area contributed by atoms with Crippen molar-refractivity contribution in [3.63, 3.8) is 0 Å². The van der Waals surface area contributed by atoms with E-state index in [9.17, 15) is 4.79 Å². The van der Waals surface area contributed by atoms with Crippen molar-refractivity contribution in [3.05, 3.63) is 36.4 Å². The van der Waals surface area contributed by atoms with Crippen LogP contribution in [0.25, 0.3) is 5.69 Å². The molecular formula is C11H12N4O2. The first-order chi connectivity index (χ1) is 8.24. The lowest BCUT2D eigenvalue weighted by Crippen LogP contribution is -2.10. The van der Waals surface area contributed by atoms with Gasteiger partial charge >= 0.3 is 5.97 Å². The number of hydrogen-bond acceptors (Lipinski definition) is 5. The Labute approximate surface area is 98.0 Å². The number of carbonyl (C=O) groups is 1. The summed E-state index contributed by atoms with van der Waals surface area (Å²) in [4.78, 5) is 15.5. The maximum absolute atomic E-state index is 11.6. The minimum absolute atomic E-state index is 0.311. The summed E-state index contributed by atoms with van der Waals surface area (Å²) in [5.74, 6) is -0.438. The molecule has 0 radical (unpaired) electrons. The van der Waals surface area contributed by atoms with E-state index in [-0.39, 0.29) is 0 Å². The van der Waals surface area contributed by atoms with Gasteiger partial charge in [-0.3, -0.25) is 0 Å². The number of nitrogens with zero attached hydrogens (tertiary/aromatic N) is 3. The topological polar surface area (TPSA) is 83.0 Å². The fourth-order valence-electron chi connectivity index (χ4n) is 1.47. The number of ether oxygens (including phenoxy) is 1. The molecule has 0 aliphatic rings. The van der Waals surface area contributed by atoms with E-state index in [0.29, 0.717) is 23.5 Å². The van der Waals surface area contributed by atoms with Gasteiger partial charge in [0.1, 0.15) is 12.7 Å². The molecule has 2 N–H and O–H groups in total. The van der Waals surface area contributed by atoms with Crippen LogP contribution in [0, 0.1) is 0 Å². The number of nitrogen functional groups attached to an aromatic ring is 1. The van der Waals surface area contributed by atoms with Crippen LogP contribution in [-0.2, 0) is 4.74 Å². The molecule has 0 saturated carbocycles. The van der Waals surface area contributed by atoms with Crippen molar-refractivity contribution in [2.24, 2.45) is 0 Å².